The molecule has 0 saturated heterocycles. The Morgan fingerprint density at radius 3 is 2.37 bits per heavy atom. The van der Waals surface area contributed by atoms with Crippen LogP contribution in [0.25, 0.3) is 0 Å². The van der Waals surface area contributed by atoms with Crippen LogP contribution in [-0.4, -0.2) is 8.42 Å². The topological polar surface area (TPSA) is 34.1 Å². The maximum atomic E-state index is 13.5. The molecule has 2 nitrogen and oxygen atoms in total. The third-order valence-corrected chi connectivity index (χ3v) is 4.71. The zero-order chi connectivity index (χ0) is 14.0. The highest BCUT2D eigenvalue weighted by Crippen LogP contribution is 2.23. The van der Waals surface area contributed by atoms with Crippen LogP contribution in [0.5, 0.6) is 0 Å². The highest BCUT2D eigenvalue weighted by Gasteiger charge is 2.21. The molecule has 0 amide bonds. The van der Waals surface area contributed by atoms with Gasteiger partial charge in [0.05, 0.1) is 5.75 Å². The maximum Gasteiger partial charge on any atom is 0.185 e. The fourth-order valence-electron chi connectivity index (χ4n) is 1.63. The predicted octanol–water partition coefficient (Wildman–Crippen LogP) is 3.70. The van der Waals surface area contributed by atoms with Crippen molar-refractivity contribution in [3.05, 3.63) is 64.1 Å². The molecule has 0 bridgehead atoms. The van der Waals surface area contributed by atoms with Crippen molar-refractivity contribution >= 4 is 25.8 Å². The standard InChI is InChI=1S/C13H9BrF2O2S/c14-10-5-6-11(15)9(7-10)8-19(17,18)13-4-2-1-3-12(13)16/h1-7H,8H2. The molecule has 0 unspecified atom stereocenters. The van der Waals surface area contributed by atoms with E-state index in [4.69, 9.17) is 0 Å². The van der Waals surface area contributed by atoms with E-state index in [9.17, 15) is 17.2 Å². The molecule has 0 N–H and O–H groups in total. The molecule has 0 aliphatic carbocycles. The molecule has 0 radical (unpaired) electrons. The minimum atomic E-state index is -3.92. The molecule has 19 heavy (non-hydrogen) atoms. The molecule has 6 heteroatoms. The Balaban J connectivity index is 2.43. The van der Waals surface area contributed by atoms with Gasteiger partial charge in [0.1, 0.15) is 16.5 Å². The predicted molar refractivity (Wildman–Crippen MR) is 71.4 cm³/mol. The van der Waals surface area contributed by atoms with Gasteiger partial charge in [-0.2, -0.15) is 0 Å². The highest BCUT2D eigenvalue weighted by atomic mass is 79.9. The molecule has 0 fully saturated rings. The SMILES string of the molecule is O=S(=O)(Cc1cc(Br)ccc1F)c1ccccc1F. The minimum absolute atomic E-state index is 0.00220. The van der Waals surface area contributed by atoms with Crippen molar-refractivity contribution in [2.45, 2.75) is 10.6 Å². The largest absolute Gasteiger partial charge is 0.223 e. The van der Waals surface area contributed by atoms with Gasteiger partial charge in [0.2, 0.25) is 0 Å². The van der Waals surface area contributed by atoms with E-state index in [1.807, 2.05) is 0 Å². The third-order valence-electron chi connectivity index (χ3n) is 2.52. The lowest BCUT2D eigenvalue weighted by atomic mass is 10.2. The average molecular weight is 347 g/mol. The Hall–Kier alpha value is -1.27. The Morgan fingerprint density at radius 1 is 1.00 bits per heavy atom. The van der Waals surface area contributed by atoms with E-state index in [0.29, 0.717) is 4.47 Å². The van der Waals surface area contributed by atoms with Crippen molar-refractivity contribution in [3.8, 4) is 0 Å². The van der Waals surface area contributed by atoms with Gasteiger partial charge < -0.3 is 0 Å². The van der Waals surface area contributed by atoms with Crippen molar-refractivity contribution < 1.29 is 17.2 Å². The van der Waals surface area contributed by atoms with Crippen LogP contribution >= 0.6 is 15.9 Å². The Kier molecular flexibility index (Phi) is 4.01. The van der Waals surface area contributed by atoms with E-state index in [1.165, 1.54) is 30.3 Å². The van der Waals surface area contributed by atoms with Gasteiger partial charge in [0.25, 0.3) is 0 Å². The third kappa shape index (κ3) is 3.19. The molecule has 0 aliphatic rings. The average Bonchev–Trinajstić information content (AvgIpc) is 2.34. The first-order valence-corrected chi connectivity index (χ1v) is 7.76. The molecule has 0 aliphatic heterocycles. The molecular weight excluding hydrogens is 338 g/mol. The monoisotopic (exact) mass is 346 g/mol. The van der Waals surface area contributed by atoms with Crippen LogP contribution in [0.4, 0.5) is 8.78 Å². The first-order chi connectivity index (χ1) is 8.90. The minimum Gasteiger partial charge on any atom is -0.223 e. The molecule has 0 heterocycles. The van der Waals surface area contributed by atoms with Gasteiger partial charge in [-0.05, 0) is 30.3 Å². The van der Waals surface area contributed by atoms with Gasteiger partial charge in [-0.1, -0.05) is 28.1 Å². The smallest absolute Gasteiger partial charge is 0.185 e. The van der Waals surface area contributed by atoms with Crippen molar-refractivity contribution in [2.75, 3.05) is 0 Å². The van der Waals surface area contributed by atoms with E-state index in [1.54, 1.807) is 0 Å². The van der Waals surface area contributed by atoms with Gasteiger partial charge in [-0.25, -0.2) is 17.2 Å². The summed E-state index contributed by atoms with van der Waals surface area (Å²) in [4.78, 5) is -0.422. The van der Waals surface area contributed by atoms with Crippen LogP contribution in [0.15, 0.2) is 51.8 Å². The summed E-state index contributed by atoms with van der Waals surface area (Å²) in [5.74, 6) is -2.06. The van der Waals surface area contributed by atoms with E-state index in [-0.39, 0.29) is 5.56 Å². The van der Waals surface area contributed by atoms with E-state index >= 15 is 0 Å². The van der Waals surface area contributed by atoms with E-state index < -0.39 is 32.1 Å². The number of rotatable bonds is 3. The summed E-state index contributed by atoms with van der Waals surface area (Å²) in [5, 5.41) is 0. The number of hydrogen-bond donors (Lipinski definition) is 0. The van der Waals surface area contributed by atoms with E-state index in [2.05, 4.69) is 15.9 Å². The lowest BCUT2D eigenvalue weighted by Gasteiger charge is -2.07. The zero-order valence-electron chi connectivity index (χ0n) is 9.61. The summed E-state index contributed by atoms with van der Waals surface area (Å²) < 4.78 is 51.7. The first kappa shape index (κ1) is 14.1. The second kappa shape index (κ2) is 5.38. The Bertz CT molecular complexity index is 714. The summed E-state index contributed by atoms with van der Waals surface area (Å²) in [6, 6.07) is 9.05. The molecule has 2 rings (SSSR count). The summed E-state index contributed by atoms with van der Waals surface area (Å²) in [7, 11) is -3.92. The molecule has 0 saturated carbocycles. The summed E-state index contributed by atoms with van der Waals surface area (Å²) in [5.41, 5.74) is -0.00220. The molecule has 100 valence electrons. The Labute approximate surface area is 118 Å². The van der Waals surface area contributed by atoms with Crippen LogP contribution in [0.3, 0.4) is 0 Å². The number of sulfone groups is 1. The normalized spacial score (nSPS) is 11.5. The number of hydrogen-bond acceptors (Lipinski definition) is 2. The van der Waals surface area contributed by atoms with Gasteiger partial charge in [-0.15, -0.1) is 0 Å². The second-order valence-corrected chi connectivity index (χ2v) is 6.80. The van der Waals surface area contributed by atoms with Crippen LogP contribution in [0.2, 0.25) is 0 Å². The van der Waals surface area contributed by atoms with Gasteiger partial charge in [0.15, 0.2) is 9.84 Å². The number of benzene rings is 2. The molecule has 2 aromatic carbocycles. The van der Waals surface area contributed by atoms with Crippen molar-refractivity contribution in [1.29, 1.82) is 0 Å². The van der Waals surface area contributed by atoms with Crippen molar-refractivity contribution in [1.82, 2.24) is 0 Å². The van der Waals surface area contributed by atoms with Gasteiger partial charge in [-0.3, -0.25) is 0 Å². The van der Waals surface area contributed by atoms with Gasteiger partial charge in [0, 0.05) is 10.0 Å². The maximum absolute atomic E-state index is 13.5. The van der Waals surface area contributed by atoms with Crippen molar-refractivity contribution in [3.63, 3.8) is 0 Å². The molecule has 0 atom stereocenters. The molecular formula is C13H9BrF2O2S. The lowest BCUT2D eigenvalue weighted by Crippen LogP contribution is -2.08. The quantitative estimate of drug-likeness (QED) is 0.849. The molecule has 0 aromatic heterocycles. The van der Waals surface area contributed by atoms with Crippen LogP contribution in [-0.2, 0) is 15.6 Å². The summed E-state index contributed by atoms with van der Waals surface area (Å²) >= 11 is 3.14. The molecule has 0 spiro atoms. The van der Waals surface area contributed by atoms with Crippen LogP contribution in [0.1, 0.15) is 5.56 Å². The van der Waals surface area contributed by atoms with Crippen molar-refractivity contribution in [2.24, 2.45) is 0 Å². The highest BCUT2D eigenvalue weighted by molar-refractivity contribution is 9.10. The number of halogens is 3. The second-order valence-electron chi connectivity index (χ2n) is 3.93. The Morgan fingerprint density at radius 2 is 1.68 bits per heavy atom. The van der Waals surface area contributed by atoms with E-state index in [0.717, 1.165) is 12.1 Å². The summed E-state index contributed by atoms with van der Waals surface area (Å²) in [6.07, 6.45) is 0. The fourth-order valence-corrected chi connectivity index (χ4v) is 3.48. The fraction of sp³-hybridized carbons (Fsp3) is 0.0769. The van der Waals surface area contributed by atoms with Gasteiger partial charge >= 0.3 is 0 Å². The van der Waals surface area contributed by atoms with Crippen LogP contribution < -0.4 is 0 Å². The zero-order valence-corrected chi connectivity index (χ0v) is 12.0. The summed E-state index contributed by atoms with van der Waals surface area (Å²) in [6.45, 7) is 0. The first-order valence-electron chi connectivity index (χ1n) is 5.31. The molecule has 2 aromatic rings. The lowest BCUT2D eigenvalue weighted by molar-refractivity contribution is 0.563. The van der Waals surface area contributed by atoms with Crippen LogP contribution in [0, 0.1) is 11.6 Å².